The van der Waals surface area contributed by atoms with E-state index in [1.54, 1.807) is 7.11 Å². The molecule has 2 fully saturated rings. The summed E-state index contributed by atoms with van der Waals surface area (Å²) in [7, 11) is 1.70. The third-order valence-electron chi connectivity index (χ3n) is 5.02. The van der Waals surface area contributed by atoms with Crippen molar-refractivity contribution in [2.45, 2.75) is 31.7 Å². The molecule has 2 heterocycles. The fraction of sp³-hybridized carbons (Fsp3) is 0.632. The van der Waals surface area contributed by atoms with Gasteiger partial charge in [0, 0.05) is 13.1 Å². The van der Waals surface area contributed by atoms with Crippen molar-refractivity contribution in [3.63, 3.8) is 0 Å². The average molecular weight is 332 g/mol. The fourth-order valence-corrected chi connectivity index (χ4v) is 3.68. The molecule has 0 saturated carbocycles. The first kappa shape index (κ1) is 17.2. The van der Waals surface area contributed by atoms with Gasteiger partial charge in [0.1, 0.15) is 5.75 Å². The summed E-state index contributed by atoms with van der Waals surface area (Å²) in [6, 6.07) is 8.33. The highest BCUT2D eigenvalue weighted by molar-refractivity contribution is 5.82. The molecule has 24 heavy (non-hydrogen) atoms. The number of amides is 1. The molecular weight excluding hydrogens is 304 g/mol. The molecule has 0 aromatic heterocycles. The maximum atomic E-state index is 12.7. The molecule has 0 unspecified atom stereocenters. The molecule has 0 spiro atoms. The summed E-state index contributed by atoms with van der Waals surface area (Å²) in [5, 5.41) is 0. The Morgan fingerprint density at radius 2 is 2.12 bits per heavy atom. The van der Waals surface area contributed by atoms with Crippen LogP contribution in [0.15, 0.2) is 24.3 Å². The van der Waals surface area contributed by atoms with Gasteiger partial charge in [-0.2, -0.15) is 0 Å². The SMILES string of the molecule is COc1cccc(CCCN2CCC[C@@H]2C(=O)N2CCOCC2)c1. The second kappa shape index (κ2) is 8.49. The number of benzene rings is 1. The van der Waals surface area contributed by atoms with Crippen LogP contribution in [-0.4, -0.2) is 68.3 Å². The van der Waals surface area contributed by atoms with Crippen molar-refractivity contribution in [3.05, 3.63) is 29.8 Å². The van der Waals surface area contributed by atoms with E-state index in [0.717, 1.165) is 57.6 Å². The summed E-state index contributed by atoms with van der Waals surface area (Å²) in [4.78, 5) is 17.1. The number of hydrogen-bond acceptors (Lipinski definition) is 4. The minimum Gasteiger partial charge on any atom is -0.497 e. The first-order chi connectivity index (χ1) is 11.8. The van der Waals surface area contributed by atoms with Crippen molar-refractivity contribution in [1.82, 2.24) is 9.80 Å². The number of hydrogen-bond donors (Lipinski definition) is 0. The van der Waals surface area contributed by atoms with Crippen LogP contribution < -0.4 is 4.74 Å². The summed E-state index contributed by atoms with van der Waals surface area (Å²) in [6.45, 7) is 4.86. The Bertz CT molecular complexity index is 543. The molecule has 3 rings (SSSR count). The Balaban J connectivity index is 1.49. The molecule has 5 heteroatoms. The molecule has 2 aliphatic heterocycles. The van der Waals surface area contributed by atoms with Gasteiger partial charge in [-0.15, -0.1) is 0 Å². The predicted molar refractivity (Wildman–Crippen MR) is 93.3 cm³/mol. The lowest BCUT2D eigenvalue weighted by Crippen LogP contribution is -2.49. The minimum absolute atomic E-state index is 0.0772. The van der Waals surface area contributed by atoms with Gasteiger partial charge >= 0.3 is 0 Å². The lowest BCUT2D eigenvalue weighted by atomic mass is 10.1. The molecule has 2 saturated heterocycles. The Kier molecular flexibility index (Phi) is 6.10. The number of rotatable bonds is 6. The van der Waals surface area contributed by atoms with Crippen LogP contribution in [0, 0.1) is 0 Å². The van der Waals surface area contributed by atoms with Crippen LogP contribution in [0.1, 0.15) is 24.8 Å². The molecule has 0 radical (unpaired) electrons. The van der Waals surface area contributed by atoms with E-state index < -0.39 is 0 Å². The molecule has 5 nitrogen and oxygen atoms in total. The van der Waals surface area contributed by atoms with Gasteiger partial charge < -0.3 is 14.4 Å². The van der Waals surface area contributed by atoms with Crippen LogP contribution in [0.3, 0.4) is 0 Å². The largest absolute Gasteiger partial charge is 0.497 e. The molecule has 1 atom stereocenters. The van der Waals surface area contributed by atoms with E-state index in [0.29, 0.717) is 19.1 Å². The van der Waals surface area contributed by atoms with E-state index in [1.807, 2.05) is 17.0 Å². The smallest absolute Gasteiger partial charge is 0.240 e. The summed E-state index contributed by atoms with van der Waals surface area (Å²) in [5.74, 6) is 1.21. The van der Waals surface area contributed by atoms with Gasteiger partial charge in [0.25, 0.3) is 0 Å². The Morgan fingerprint density at radius 1 is 1.29 bits per heavy atom. The van der Waals surface area contributed by atoms with E-state index in [4.69, 9.17) is 9.47 Å². The number of methoxy groups -OCH3 is 1. The van der Waals surface area contributed by atoms with E-state index >= 15 is 0 Å². The van der Waals surface area contributed by atoms with Crippen LogP contribution >= 0.6 is 0 Å². The van der Waals surface area contributed by atoms with Crippen LogP contribution in [0.4, 0.5) is 0 Å². The summed E-state index contributed by atoms with van der Waals surface area (Å²) >= 11 is 0. The summed E-state index contributed by atoms with van der Waals surface area (Å²) < 4.78 is 10.6. The molecule has 2 aliphatic rings. The number of aryl methyl sites for hydroxylation is 1. The van der Waals surface area contributed by atoms with Crippen LogP contribution in [0.5, 0.6) is 5.75 Å². The summed E-state index contributed by atoms with van der Waals surface area (Å²) in [6.07, 6.45) is 4.21. The van der Waals surface area contributed by atoms with Crippen molar-refractivity contribution < 1.29 is 14.3 Å². The van der Waals surface area contributed by atoms with E-state index in [9.17, 15) is 4.79 Å². The number of morpholine rings is 1. The van der Waals surface area contributed by atoms with Crippen molar-refractivity contribution in [3.8, 4) is 5.75 Å². The van der Waals surface area contributed by atoms with Gasteiger partial charge in [-0.3, -0.25) is 9.69 Å². The van der Waals surface area contributed by atoms with Gasteiger partial charge in [-0.25, -0.2) is 0 Å². The third-order valence-corrected chi connectivity index (χ3v) is 5.02. The van der Waals surface area contributed by atoms with Gasteiger partial charge in [0.05, 0.1) is 26.4 Å². The number of carbonyl (C=O) groups is 1. The highest BCUT2D eigenvalue weighted by Gasteiger charge is 2.33. The zero-order chi connectivity index (χ0) is 16.8. The van der Waals surface area contributed by atoms with Crippen LogP contribution in [0.2, 0.25) is 0 Å². The quantitative estimate of drug-likeness (QED) is 0.798. The standard InChI is InChI=1S/C19H28N2O3/c1-23-17-7-2-5-16(15-17)6-3-9-20-10-4-8-18(20)19(22)21-11-13-24-14-12-21/h2,5,7,15,18H,3-4,6,8-14H2,1H3/t18-/m1/s1. The van der Waals surface area contributed by atoms with Crippen molar-refractivity contribution in [2.24, 2.45) is 0 Å². The molecule has 0 N–H and O–H groups in total. The Labute approximate surface area is 144 Å². The predicted octanol–water partition coefficient (Wildman–Crippen LogP) is 1.95. The normalized spacial score (nSPS) is 21.9. The monoisotopic (exact) mass is 332 g/mol. The number of ether oxygens (including phenoxy) is 2. The van der Waals surface area contributed by atoms with Gasteiger partial charge in [-0.1, -0.05) is 12.1 Å². The average Bonchev–Trinajstić information content (AvgIpc) is 3.10. The van der Waals surface area contributed by atoms with Crippen molar-refractivity contribution in [2.75, 3.05) is 46.5 Å². The van der Waals surface area contributed by atoms with E-state index in [2.05, 4.69) is 17.0 Å². The second-order valence-corrected chi connectivity index (χ2v) is 6.59. The van der Waals surface area contributed by atoms with Gasteiger partial charge in [0.2, 0.25) is 5.91 Å². The molecule has 0 bridgehead atoms. The van der Waals surface area contributed by atoms with Crippen LogP contribution in [0.25, 0.3) is 0 Å². The number of likely N-dealkylation sites (tertiary alicyclic amines) is 1. The zero-order valence-corrected chi connectivity index (χ0v) is 14.6. The highest BCUT2D eigenvalue weighted by atomic mass is 16.5. The zero-order valence-electron chi connectivity index (χ0n) is 14.6. The molecule has 0 aliphatic carbocycles. The van der Waals surface area contributed by atoms with Crippen molar-refractivity contribution in [1.29, 1.82) is 0 Å². The summed E-state index contributed by atoms with van der Waals surface area (Å²) in [5.41, 5.74) is 1.30. The maximum absolute atomic E-state index is 12.7. The fourth-order valence-electron chi connectivity index (χ4n) is 3.68. The maximum Gasteiger partial charge on any atom is 0.240 e. The Hall–Kier alpha value is -1.59. The molecule has 132 valence electrons. The molecule has 1 aromatic carbocycles. The third kappa shape index (κ3) is 4.28. The van der Waals surface area contributed by atoms with Gasteiger partial charge in [0.15, 0.2) is 0 Å². The molecular formula is C19H28N2O3. The lowest BCUT2D eigenvalue weighted by Gasteiger charge is -2.32. The molecule has 1 aromatic rings. The van der Waals surface area contributed by atoms with Gasteiger partial charge in [-0.05, 0) is 56.5 Å². The molecule has 1 amide bonds. The van der Waals surface area contributed by atoms with Crippen molar-refractivity contribution >= 4 is 5.91 Å². The van der Waals surface area contributed by atoms with E-state index in [-0.39, 0.29) is 6.04 Å². The van der Waals surface area contributed by atoms with Crippen LogP contribution in [-0.2, 0) is 16.0 Å². The number of carbonyl (C=O) groups excluding carboxylic acids is 1. The second-order valence-electron chi connectivity index (χ2n) is 6.59. The first-order valence-electron chi connectivity index (χ1n) is 9.01. The first-order valence-corrected chi connectivity index (χ1v) is 9.01. The lowest BCUT2D eigenvalue weighted by molar-refractivity contribution is -0.140. The van der Waals surface area contributed by atoms with E-state index in [1.165, 1.54) is 5.56 Å². The topological polar surface area (TPSA) is 42.0 Å². The minimum atomic E-state index is 0.0772. The Morgan fingerprint density at radius 3 is 2.92 bits per heavy atom. The highest BCUT2D eigenvalue weighted by Crippen LogP contribution is 2.21. The number of nitrogens with zero attached hydrogens (tertiary/aromatic N) is 2.